The second kappa shape index (κ2) is 8.40. The first-order chi connectivity index (χ1) is 13.2. The summed E-state index contributed by atoms with van der Waals surface area (Å²) in [6, 6.07) is 7.68. The van der Waals surface area contributed by atoms with E-state index in [1.165, 1.54) is 11.3 Å². The highest BCUT2D eigenvalue weighted by Crippen LogP contribution is 2.39. The van der Waals surface area contributed by atoms with Crippen LogP contribution in [0.1, 0.15) is 41.8 Å². The SMILES string of the molecule is O=C(c1cccs1)N1CCC2(CC1)CC(CCOc1cccnc1)CCO2. The van der Waals surface area contributed by atoms with E-state index in [4.69, 9.17) is 9.47 Å². The Labute approximate surface area is 164 Å². The molecule has 4 rings (SSSR count). The van der Waals surface area contributed by atoms with Crippen molar-refractivity contribution >= 4 is 17.2 Å². The summed E-state index contributed by atoms with van der Waals surface area (Å²) in [7, 11) is 0. The first kappa shape index (κ1) is 18.4. The summed E-state index contributed by atoms with van der Waals surface area (Å²) >= 11 is 1.52. The van der Waals surface area contributed by atoms with Crippen LogP contribution in [0, 0.1) is 5.92 Å². The third-order valence-corrected chi connectivity index (χ3v) is 6.58. The minimum Gasteiger partial charge on any atom is -0.492 e. The zero-order valence-electron chi connectivity index (χ0n) is 15.5. The van der Waals surface area contributed by atoms with Crippen molar-refractivity contribution in [3.63, 3.8) is 0 Å². The van der Waals surface area contributed by atoms with Crippen LogP contribution in [0.4, 0.5) is 0 Å². The van der Waals surface area contributed by atoms with Gasteiger partial charge in [0.25, 0.3) is 5.91 Å². The van der Waals surface area contributed by atoms with Gasteiger partial charge in [-0.25, -0.2) is 0 Å². The van der Waals surface area contributed by atoms with Crippen molar-refractivity contribution in [1.82, 2.24) is 9.88 Å². The minimum absolute atomic E-state index is 0.0521. The van der Waals surface area contributed by atoms with Crippen LogP contribution in [0.25, 0.3) is 0 Å². The van der Waals surface area contributed by atoms with E-state index in [-0.39, 0.29) is 11.5 Å². The molecular weight excluding hydrogens is 360 g/mol. The molecule has 5 nitrogen and oxygen atoms in total. The number of hydrogen-bond donors (Lipinski definition) is 0. The molecule has 1 unspecified atom stereocenters. The summed E-state index contributed by atoms with van der Waals surface area (Å²) in [6.45, 7) is 3.11. The van der Waals surface area contributed by atoms with Crippen molar-refractivity contribution in [2.75, 3.05) is 26.3 Å². The molecule has 1 amide bonds. The molecule has 0 bridgehead atoms. The molecule has 2 fully saturated rings. The third kappa shape index (κ3) is 4.50. The molecule has 4 heterocycles. The van der Waals surface area contributed by atoms with Crippen molar-refractivity contribution in [2.45, 2.75) is 37.7 Å². The summed E-state index contributed by atoms with van der Waals surface area (Å²) in [5.74, 6) is 1.62. The molecule has 144 valence electrons. The quantitative estimate of drug-likeness (QED) is 0.779. The van der Waals surface area contributed by atoms with E-state index in [1.807, 2.05) is 34.5 Å². The maximum Gasteiger partial charge on any atom is 0.263 e. The van der Waals surface area contributed by atoms with Crippen molar-refractivity contribution in [3.05, 3.63) is 46.9 Å². The number of amides is 1. The van der Waals surface area contributed by atoms with E-state index in [0.29, 0.717) is 5.92 Å². The minimum atomic E-state index is -0.0521. The Balaban J connectivity index is 1.26. The zero-order valence-corrected chi connectivity index (χ0v) is 16.3. The molecule has 1 spiro atoms. The molecule has 1 atom stereocenters. The van der Waals surface area contributed by atoms with Crippen LogP contribution < -0.4 is 4.74 Å². The van der Waals surface area contributed by atoms with Gasteiger partial charge in [-0.15, -0.1) is 11.3 Å². The van der Waals surface area contributed by atoms with E-state index in [2.05, 4.69) is 4.98 Å². The maximum absolute atomic E-state index is 12.5. The lowest BCUT2D eigenvalue weighted by molar-refractivity contribution is -0.125. The Morgan fingerprint density at radius 3 is 2.96 bits per heavy atom. The molecule has 2 aromatic rings. The van der Waals surface area contributed by atoms with Crippen LogP contribution in [-0.2, 0) is 4.74 Å². The number of piperidine rings is 1. The average molecular weight is 387 g/mol. The summed E-state index contributed by atoms with van der Waals surface area (Å²) in [5, 5.41) is 1.96. The van der Waals surface area contributed by atoms with Gasteiger partial charge >= 0.3 is 0 Å². The van der Waals surface area contributed by atoms with Crippen molar-refractivity contribution in [1.29, 1.82) is 0 Å². The second-order valence-electron chi connectivity index (χ2n) is 7.49. The predicted molar refractivity (Wildman–Crippen MR) is 105 cm³/mol. The van der Waals surface area contributed by atoms with Gasteiger partial charge in [-0.3, -0.25) is 9.78 Å². The maximum atomic E-state index is 12.5. The second-order valence-corrected chi connectivity index (χ2v) is 8.43. The number of ether oxygens (including phenoxy) is 2. The fraction of sp³-hybridized carbons (Fsp3) is 0.524. The Hall–Kier alpha value is -1.92. The molecule has 2 aromatic heterocycles. The Morgan fingerprint density at radius 1 is 1.33 bits per heavy atom. The van der Waals surface area contributed by atoms with Crippen LogP contribution in [0.15, 0.2) is 42.0 Å². The van der Waals surface area contributed by atoms with E-state index < -0.39 is 0 Å². The number of pyridine rings is 1. The monoisotopic (exact) mass is 386 g/mol. The van der Waals surface area contributed by atoms with Gasteiger partial charge in [0.2, 0.25) is 0 Å². The topological polar surface area (TPSA) is 51.7 Å². The summed E-state index contributed by atoms with van der Waals surface area (Å²) in [5.41, 5.74) is -0.0521. The normalized spacial score (nSPS) is 21.9. The number of aromatic nitrogens is 1. The number of hydrogen-bond acceptors (Lipinski definition) is 5. The molecule has 0 radical (unpaired) electrons. The molecule has 2 aliphatic heterocycles. The van der Waals surface area contributed by atoms with Crippen LogP contribution in [0.3, 0.4) is 0 Å². The van der Waals surface area contributed by atoms with Gasteiger partial charge in [0.15, 0.2) is 0 Å². The number of carbonyl (C=O) groups excluding carboxylic acids is 1. The Bertz CT molecular complexity index is 727. The molecule has 0 saturated carbocycles. The van der Waals surface area contributed by atoms with Gasteiger partial charge in [0, 0.05) is 25.9 Å². The molecule has 27 heavy (non-hydrogen) atoms. The summed E-state index contributed by atoms with van der Waals surface area (Å²) < 4.78 is 12.1. The highest BCUT2D eigenvalue weighted by Gasteiger charge is 2.41. The van der Waals surface area contributed by atoms with Gasteiger partial charge in [0.1, 0.15) is 5.75 Å². The molecule has 0 aliphatic carbocycles. The number of likely N-dealkylation sites (tertiary alicyclic amines) is 1. The molecule has 0 aromatic carbocycles. The van der Waals surface area contributed by atoms with E-state index in [9.17, 15) is 4.79 Å². The number of rotatable bonds is 5. The summed E-state index contributed by atoms with van der Waals surface area (Å²) in [4.78, 5) is 19.4. The highest BCUT2D eigenvalue weighted by molar-refractivity contribution is 7.12. The largest absolute Gasteiger partial charge is 0.492 e. The number of nitrogens with zero attached hydrogens (tertiary/aromatic N) is 2. The molecule has 0 N–H and O–H groups in total. The smallest absolute Gasteiger partial charge is 0.263 e. The lowest BCUT2D eigenvalue weighted by atomic mass is 9.78. The zero-order chi connectivity index (χ0) is 18.5. The molecular formula is C21H26N2O3S. The standard InChI is InChI=1S/C21H26N2O3S/c24-20(19-4-2-14-27-19)23-10-7-21(8-11-23)15-17(6-13-26-21)5-12-25-18-3-1-9-22-16-18/h1-4,9,14,16-17H,5-8,10-13,15H2. The number of carbonyl (C=O) groups is 1. The molecule has 6 heteroatoms. The fourth-order valence-corrected chi connectivity index (χ4v) is 4.86. The van der Waals surface area contributed by atoms with Gasteiger partial charge < -0.3 is 14.4 Å². The van der Waals surface area contributed by atoms with Crippen LogP contribution in [0.2, 0.25) is 0 Å². The molecule has 2 aliphatic rings. The first-order valence-corrected chi connectivity index (χ1v) is 10.6. The lowest BCUT2D eigenvalue weighted by Gasteiger charge is -2.46. The van der Waals surface area contributed by atoms with Gasteiger partial charge in [-0.05, 0) is 61.6 Å². The van der Waals surface area contributed by atoms with Gasteiger partial charge in [-0.2, -0.15) is 0 Å². The molecule has 2 saturated heterocycles. The van der Waals surface area contributed by atoms with E-state index in [1.54, 1.807) is 12.4 Å². The van der Waals surface area contributed by atoms with Crippen LogP contribution in [0.5, 0.6) is 5.75 Å². The van der Waals surface area contributed by atoms with Crippen LogP contribution in [-0.4, -0.2) is 47.7 Å². The number of thiophene rings is 1. The third-order valence-electron chi connectivity index (χ3n) is 5.72. The predicted octanol–water partition coefficient (Wildman–Crippen LogP) is 4.01. The average Bonchev–Trinajstić information content (AvgIpc) is 3.24. The van der Waals surface area contributed by atoms with Gasteiger partial charge in [0.05, 0.1) is 23.3 Å². The first-order valence-electron chi connectivity index (χ1n) is 9.74. The van der Waals surface area contributed by atoms with E-state index >= 15 is 0 Å². The van der Waals surface area contributed by atoms with Crippen LogP contribution >= 0.6 is 11.3 Å². The van der Waals surface area contributed by atoms with Crippen molar-refractivity contribution in [2.24, 2.45) is 5.92 Å². The Kier molecular flexibility index (Phi) is 5.74. The van der Waals surface area contributed by atoms with Crippen molar-refractivity contribution < 1.29 is 14.3 Å². The highest BCUT2D eigenvalue weighted by atomic mass is 32.1. The van der Waals surface area contributed by atoms with Gasteiger partial charge in [-0.1, -0.05) is 6.07 Å². The van der Waals surface area contributed by atoms with Crippen molar-refractivity contribution in [3.8, 4) is 5.75 Å². The lowest BCUT2D eigenvalue weighted by Crippen LogP contribution is -2.50. The Morgan fingerprint density at radius 2 is 2.22 bits per heavy atom. The fourth-order valence-electron chi connectivity index (χ4n) is 4.17. The van der Waals surface area contributed by atoms with E-state index in [0.717, 1.165) is 69.0 Å². The summed E-state index contributed by atoms with van der Waals surface area (Å²) in [6.07, 6.45) is 8.59.